The van der Waals surface area contributed by atoms with Crippen LogP contribution in [0.2, 0.25) is 0 Å². The maximum absolute atomic E-state index is 14.2. The summed E-state index contributed by atoms with van der Waals surface area (Å²) in [4.78, 5) is 150. The highest BCUT2D eigenvalue weighted by molar-refractivity contribution is 6.02. The summed E-state index contributed by atoms with van der Waals surface area (Å²) in [5, 5.41) is 61.9. The third kappa shape index (κ3) is 33.4. The molecule has 2 aliphatic rings. The standard InChI is InChI=1S/C64H80O12.C58H72O10/c1-9-13-17-21-55(65)43-29-47-37-51-33-45(57(67)23-19-15-11-3)35-53(61(51)73-25-27-75-63(71)41(5)6)39-49-31-44(56(66)22-18-14-10-2)32-50(60(49)70)40-54-36-46(58(68)24-20-16-12-4)34-52(38-48(30-43)59(47)69)62(54)74-26-28-76-64(72)42(7)8;1-7-11-15-19-50(59)38-25-42-33-44-27-39(51(60)20-16-12-8-2)29-46(55(44)64)35-48-31-41(53(62)22-18-14-10-4)32-49(57(48)67-23-24-68-58(66)37(5)6)36-47-30-40(52(61)21-17-13-9-3)28-45(56(47)65)34-43(26-38)54(42)63/h29-36,69-70H,5,7,9-28,37-40H2,1-4,6,8H3;25-32,63-65H,5,7-24,33-36H2,1-4,6H3. The Hall–Kier alpha value is -12.9. The van der Waals surface area contributed by atoms with E-state index in [1.807, 2.05) is 0 Å². The molecule has 0 aromatic heterocycles. The molecule has 0 amide bonds. The highest BCUT2D eigenvalue weighted by atomic mass is 16.6. The molecular formula is C122H152O22. The Morgan fingerprint density at radius 3 is 0.458 bits per heavy atom. The third-order valence-corrected chi connectivity index (χ3v) is 26.5. The molecule has 0 radical (unpaired) electrons. The fraction of sp³-hybridized carbons (Fsp3) is 0.467. The molecule has 0 atom stereocenters. The monoisotopic (exact) mass is 1970 g/mol. The predicted octanol–water partition coefficient (Wildman–Crippen LogP) is 26.9. The van der Waals surface area contributed by atoms with Crippen molar-refractivity contribution in [1.29, 1.82) is 0 Å². The Kier molecular flexibility index (Phi) is 46.4. The molecule has 0 unspecified atom stereocenters. The number of carbonyl (C=O) groups excluding carboxylic acids is 11. The number of carbonyl (C=O) groups is 11. The minimum atomic E-state index is -0.591. The van der Waals surface area contributed by atoms with Crippen molar-refractivity contribution in [2.24, 2.45) is 0 Å². The number of ether oxygens (including phenoxy) is 6. The van der Waals surface area contributed by atoms with Crippen LogP contribution in [0.25, 0.3) is 0 Å². The van der Waals surface area contributed by atoms with Gasteiger partial charge >= 0.3 is 17.9 Å². The molecule has 144 heavy (non-hydrogen) atoms. The lowest BCUT2D eigenvalue weighted by molar-refractivity contribution is -0.140. The highest BCUT2D eigenvalue weighted by Gasteiger charge is 2.31. The van der Waals surface area contributed by atoms with Crippen LogP contribution in [0.4, 0.5) is 0 Å². The molecule has 5 N–H and O–H groups in total. The van der Waals surface area contributed by atoms with E-state index in [0.717, 1.165) is 103 Å². The summed E-state index contributed by atoms with van der Waals surface area (Å²) in [6, 6.07) is 27.2. The van der Waals surface area contributed by atoms with Crippen molar-refractivity contribution in [3.8, 4) is 46.0 Å². The largest absolute Gasteiger partial charge is 0.507 e. The van der Waals surface area contributed by atoms with E-state index in [4.69, 9.17) is 28.4 Å². The molecule has 0 saturated carbocycles. The summed E-state index contributed by atoms with van der Waals surface area (Å²) < 4.78 is 36.0. The van der Waals surface area contributed by atoms with Crippen LogP contribution < -0.4 is 14.2 Å². The van der Waals surface area contributed by atoms with Crippen LogP contribution in [-0.2, 0) is 80.0 Å². The van der Waals surface area contributed by atoms with Crippen molar-refractivity contribution in [2.75, 3.05) is 39.6 Å². The summed E-state index contributed by atoms with van der Waals surface area (Å²) in [5.74, 6) is -2.22. The number of phenolic OH excluding ortho intramolecular Hbond substituents is 5. The number of benzene rings is 8. The molecule has 0 heterocycles. The molecule has 8 aromatic carbocycles. The lowest BCUT2D eigenvalue weighted by Gasteiger charge is -2.23. The zero-order valence-electron chi connectivity index (χ0n) is 87.1. The Morgan fingerprint density at radius 1 is 0.208 bits per heavy atom. The number of esters is 3. The van der Waals surface area contributed by atoms with Crippen LogP contribution in [0, 0.1) is 0 Å². The molecule has 0 saturated heterocycles. The quantitative estimate of drug-likeness (QED) is 0.00777. The van der Waals surface area contributed by atoms with Crippen molar-refractivity contribution >= 4 is 64.2 Å². The van der Waals surface area contributed by atoms with Crippen molar-refractivity contribution in [3.63, 3.8) is 0 Å². The zero-order chi connectivity index (χ0) is 105. The molecule has 2 aliphatic carbocycles. The minimum Gasteiger partial charge on any atom is -0.507 e. The predicted molar refractivity (Wildman–Crippen MR) is 564 cm³/mol. The lowest BCUT2D eigenvalue weighted by Crippen LogP contribution is -2.15. The third-order valence-electron chi connectivity index (χ3n) is 26.5. The topological polar surface area (TPSA) is 344 Å². The fourth-order valence-electron chi connectivity index (χ4n) is 18.3. The molecule has 772 valence electrons. The summed E-state index contributed by atoms with van der Waals surface area (Å²) in [7, 11) is 0. The number of hydrogen-bond acceptors (Lipinski definition) is 22. The second-order valence-electron chi connectivity index (χ2n) is 38.8. The smallest absolute Gasteiger partial charge is 0.333 e. The van der Waals surface area contributed by atoms with Crippen LogP contribution in [0.5, 0.6) is 46.0 Å². The minimum absolute atomic E-state index is 0.000741. The maximum Gasteiger partial charge on any atom is 0.333 e. The number of phenols is 5. The summed E-state index contributed by atoms with van der Waals surface area (Å²) >= 11 is 0. The van der Waals surface area contributed by atoms with Gasteiger partial charge in [-0.2, -0.15) is 0 Å². The van der Waals surface area contributed by atoms with Gasteiger partial charge in [0.05, 0.1) is 0 Å². The van der Waals surface area contributed by atoms with Gasteiger partial charge in [-0.25, -0.2) is 14.4 Å². The Balaban J connectivity index is 0.000000323. The van der Waals surface area contributed by atoms with E-state index < -0.39 is 17.9 Å². The number of hydrogen-bond donors (Lipinski definition) is 5. The maximum atomic E-state index is 14.2. The van der Waals surface area contributed by atoms with E-state index in [0.29, 0.717) is 228 Å². The SMILES string of the molecule is C=C(C)C(=O)OCCOc1c2cc(C(=O)CCCCC)cc1Cc1cc(C(=O)CCCCC)cc(c1O)Cc1cc(C(=O)CCCCC)cc(c1O)Cc1cc(C(=O)CCCCC)cc(c1O)C2.C=C(C)C(=O)OCCOc1c2cc(C(=O)CCCCC)cc1Cc1cc(C(=O)CCCCC)cc(c1O)Cc1cc(C(=O)CCCCC)cc(c1OCCOC(=O)C(=C)C)Cc1cc(C(=O)CCCCC)cc(c1O)C2. The van der Waals surface area contributed by atoms with Crippen molar-refractivity contribution < 1.29 is 107 Å². The van der Waals surface area contributed by atoms with E-state index in [2.05, 4.69) is 75.1 Å². The molecule has 10 rings (SSSR count). The molecule has 22 nitrogen and oxygen atoms in total. The Bertz CT molecular complexity index is 5540. The first kappa shape index (κ1) is 115. The molecule has 16 bridgehead atoms. The van der Waals surface area contributed by atoms with E-state index >= 15 is 0 Å². The van der Waals surface area contributed by atoms with Gasteiger partial charge in [-0.1, -0.05) is 178 Å². The first-order valence-corrected chi connectivity index (χ1v) is 52.5. The van der Waals surface area contributed by atoms with Crippen LogP contribution in [0.1, 0.15) is 454 Å². The van der Waals surface area contributed by atoms with E-state index in [-0.39, 0.29) is 208 Å². The van der Waals surface area contributed by atoms with Gasteiger partial charge in [0.15, 0.2) is 46.3 Å². The van der Waals surface area contributed by atoms with Crippen molar-refractivity contribution in [1.82, 2.24) is 0 Å². The van der Waals surface area contributed by atoms with Crippen LogP contribution in [0.15, 0.2) is 134 Å². The zero-order valence-corrected chi connectivity index (χ0v) is 87.1. The molecule has 22 heteroatoms. The fourth-order valence-corrected chi connectivity index (χ4v) is 18.3. The average Bonchev–Trinajstić information content (AvgIpc) is 0.770. The summed E-state index contributed by atoms with van der Waals surface area (Å²) in [6.45, 7) is 31.5. The lowest BCUT2D eigenvalue weighted by atomic mass is 9.86. The molecule has 0 aliphatic heterocycles. The van der Waals surface area contributed by atoms with Gasteiger partial charge in [-0.05, 0) is 258 Å². The second kappa shape index (κ2) is 58.2. The number of fused-ring (bicyclic) bond motifs is 16. The molecule has 0 fully saturated rings. The van der Waals surface area contributed by atoms with E-state index in [1.165, 1.54) is 0 Å². The van der Waals surface area contributed by atoms with Gasteiger partial charge in [0.1, 0.15) is 85.6 Å². The number of unbranched alkanes of at least 4 members (excludes halogenated alkanes) is 16. The first-order valence-electron chi connectivity index (χ1n) is 52.5. The summed E-state index contributed by atoms with van der Waals surface area (Å²) in [6.07, 6.45) is 21.8. The van der Waals surface area contributed by atoms with Gasteiger partial charge < -0.3 is 54.0 Å². The van der Waals surface area contributed by atoms with E-state index in [9.17, 15) is 78.3 Å². The Morgan fingerprint density at radius 2 is 0.333 bits per heavy atom. The van der Waals surface area contributed by atoms with Crippen LogP contribution in [0.3, 0.4) is 0 Å². The average molecular weight is 1970 g/mol. The molecular weight excluding hydrogens is 1820 g/mol. The van der Waals surface area contributed by atoms with Crippen LogP contribution >= 0.6 is 0 Å². The first-order chi connectivity index (χ1) is 69.2. The number of ketones is 8. The van der Waals surface area contributed by atoms with Gasteiger partial charge in [0.2, 0.25) is 0 Å². The van der Waals surface area contributed by atoms with E-state index in [1.54, 1.807) is 118 Å². The molecule has 8 aromatic rings. The number of Topliss-reactive ketones (excluding diaryl/α,β-unsaturated/α-hetero) is 8. The van der Waals surface area contributed by atoms with Gasteiger partial charge in [0, 0.05) is 164 Å². The number of aromatic hydroxyl groups is 5. The normalized spacial score (nSPS) is 12.0. The van der Waals surface area contributed by atoms with Crippen molar-refractivity contribution in [3.05, 3.63) is 267 Å². The highest BCUT2D eigenvalue weighted by Crippen LogP contribution is 2.45. The molecule has 0 spiro atoms. The Labute approximate surface area is 851 Å². The van der Waals surface area contributed by atoms with Gasteiger partial charge in [0.25, 0.3) is 0 Å². The van der Waals surface area contributed by atoms with Crippen LogP contribution in [-0.4, -0.2) is 129 Å². The summed E-state index contributed by atoms with van der Waals surface area (Å²) in [5.41, 5.74) is 10.4. The van der Waals surface area contributed by atoms with Crippen molar-refractivity contribution in [2.45, 2.75) is 333 Å². The van der Waals surface area contributed by atoms with Gasteiger partial charge in [-0.3, -0.25) is 38.4 Å². The second-order valence-corrected chi connectivity index (χ2v) is 38.8. The number of rotatable bonds is 55. The van der Waals surface area contributed by atoms with Gasteiger partial charge in [-0.15, -0.1) is 0 Å².